The fourth-order valence-electron chi connectivity index (χ4n) is 3.27. The van der Waals surface area contributed by atoms with Crippen LogP contribution in [-0.2, 0) is 24.7 Å². The minimum atomic E-state index is 0. The predicted molar refractivity (Wildman–Crippen MR) is 84.1 cm³/mol. The Labute approximate surface area is 165 Å². The van der Waals surface area contributed by atoms with Gasteiger partial charge in [-0.15, -0.1) is 0 Å². The summed E-state index contributed by atoms with van der Waals surface area (Å²) in [6.07, 6.45) is 9.61. The Morgan fingerprint density at radius 1 is 1.17 bits per heavy atom. The van der Waals surface area contributed by atoms with Gasteiger partial charge in [0.25, 0.3) is 0 Å². The van der Waals surface area contributed by atoms with E-state index in [9.17, 15) is 0 Å². The average molecular weight is 425 g/mol. The van der Waals surface area contributed by atoms with Gasteiger partial charge in [0.2, 0.25) is 0 Å². The van der Waals surface area contributed by atoms with Gasteiger partial charge in [-0.05, 0) is 0 Å². The van der Waals surface area contributed by atoms with E-state index in [0.717, 1.165) is 19.3 Å². The SMILES string of the molecule is CC=C1C(C2=C(CCCO)C=CC2)=[C]([Zr+2])c2ccccc21.[Cl-].[Cl-]. The van der Waals surface area contributed by atoms with Gasteiger partial charge in [-0.2, -0.15) is 0 Å². The molecule has 0 heterocycles. The Morgan fingerprint density at radius 3 is 2.52 bits per heavy atom. The average Bonchev–Trinajstić information content (AvgIpc) is 3.07. The first-order valence-electron chi connectivity index (χ1n) is 7.50. The van der Waals surface area contributed by atoms with Crippen LogP contribution in [0.25, 0.3) is 8.85 Å². The molecule has 0 aromatic heterocycles. The van der Waals surface area contributed by atoms with Crippen LogP contribution in [0.1, 0.15) is 37.3 Å². The van der Waals surface area contributed by atoms with Crippen molar-refractivity contribution in [2.75, 3.05) is 6.61 Å². The van der Waals surface area contributed by atoms with Gasteiger partial charge in [-0.3, -0.25) is 0 Å². The molecule has 3 rings (SSSR count). The van der Waals surface area contributed by atoms with Crippen LogP contribution < -0.4 is 24.8 Å². The smallest absolute Gasteiger partial charge is 1.00 e. The maximum absolute atomic E-state index is 9.10. The number of aliphatic hydroxyl groups excluding tert-OH is 1. The third-order valence-corrected chi connectivity index (χ3v) is 5.51. The zero-order chi connectivity index (χ0) is 14.8. The minimum absolute atomic E-state index is 0. The van der Waals surface area contributed by atoms with Crippen LogP contribution in [0.2, 0.25) is 0 Å². The van der Waals surface area contributed by atoms with E-state index in [1.54, 1.807) is 0 Å². The number of fused-ring (bicyclic) bond motifs is 1. The molecule has 1 aromatic rings. The summed E-state index contributed by atoms with van der Waals surface area (Å²) in [7, 11) is 0. The van der Waals surface area contributed by atoms with Gasteiger partial charge in [0.05, 0.1) is 0 Å². The first-order chi connectivity index (χ1) is 10.3. The van der Waals surface area contributed by atoms with Gasteiger partial charge in [-0.1, -0.05) is 0 Å². The molecule has 4 heteroatoms. The number of aliphatic hydroxyl groups is 1. The maximum Gasteiger partial charge on any atom is -1.00 e. The summed E-state index contributed by atoms with van der Waals surface area (Å²) in [5, 5.41) is 9.10. The quantitative estimate of drug-likeness (QED) is 0.616. The predicted octanol–water partition coefficient (Wildman–Crippen LogP) is -1.60. The normalized spacial score (nSPS) is 17.5. The zero-order valence-electron chi connectivity index (χ0n) is 13.1. The summed E-state index contributed by atoms with van der Waals surface area (Å²) in [4.78, 5) is 0. The Bertz CT molecular complexity index is 699. The second kappa shape index (κ2) is 9.18. The second-order valence-corrected chi connectivity index (χ2v) is 6.66. The Kier molecular flexibility index (Phi) is 8.24. The number of allylic oxidation sites excluding steroid dienone is 7. The van der Waals surface area contributed by atoms with E-state index in [2.05, 4.69) is 49.4 Å². The molecule has 0 fully saturated rings. The summed E-state index contributed by atoms with van der Waals surface area (Å²) in [5.74, 6) is 0. The molecule has 23 heavy (non-hydrogen) atoms. The summed E-state index contributed by atoms with van der Waals surface area (Å²) >= 11 is 1.48. The molecular formula is C19H19Cl2OZr. The molecule has 1 N–H and O–H groups in total. The van der Waals surface area contributed by atoms with E-state index >= 15 is 0 Å². The van der Waals surface area contributed by atoms with E-state index in [0.29, 0.717) is 0 Å². The van der Waals surface area contributed by atoms with Crippen LogP contribution in [0.4, 0.5) is 0 Å². The Hall–Kier alpha value is -0.397. The fourth-order valence-corrected chi connectivity index (χ4v) is 4.51. The molecule has 1 aromatic carbocycles. The maximum atomic E-state index is 9.10. The van der Waals surface area contributed by atoms with Gasteiger partial charge in [-0.25, -0.2) is 0 Å². The van der Waals surface area contributed by atoms with E-state index in [-0.39, 0.29) is 31.4 Å². The Morgan fingerprint density at radius 2 is 1.87 bits per heavy atom. The number of rotatable bonds is 4. The van der Waals surface area contributed by atoms with E-state index in [4.69, 9.17) is 5.11 Å². The monoisotopic (exact) mass is 423 g/mol. The molecule has 0 spiro atoms. The van der Waals surface area contributed by atoms with Crippen LogP contribution in [0, 0.1) is 0 Å². The van der Waals surface area contributed by atoms with Crippen molar-refractivity contribution < 1.29 is 54.6 Å². The van der Waals surface area contributed by atoms with E-state index < -0.39 is 0 Å². The van der Waals surface area contributed by atoms with Crippen molar-refractivity contribution in [3.8, 4) is 0 Å². The number of hydrogen-bond donors (Lipinski definition) is 1. The van der Waals surface area contributed by atoms with Crippen molar-refractivity contribution in [1.29, 1.82) is 0 Å². The summed E-state index contributed by atoms with van der Waals surface area (Å²) in [6, 6.07) is 8.74. The molecule has 0 atom stereocenters. The van der Waals surface area contributed by atoms with Crippen molar-refractivity contribution in [1.82, 2.24) is 0 Å². The van der Waals surface area contributed by atoms with Gasteiger partial charge in [0.15, 0.2) is 0 Å². The first kappa shape index (κ1) is 20.6. The third-order valence-electron chi connectivity index (χ3n) is 4.23. The standard InChI is InChI=1S/C19H19O.2ClH.Zr/c1-2-16-18-10-4-3-7-15(18)13-19(16)17-11-5-8-14(17)9-6-12-20;;;/h2-5,7-8,10,20H,6,9,11-12H2,1H3;2*1H;/q;;;+2/p-2. The number of hydrogen-bond acceptors (Lipinski definition) is 1. The van der Waals surface area contributed by atoms with E-state index in [1.165, 1.54) is 61.4 Å². The van der Waals surface area contributed by atoms with Crippen molar-refractivity contribution in [3.63, 3.8) is 0 Å². The molecule has 119 valence electrons. The van der Waals surface area contributed by atoms with Crippen LogP contribution >= 0.6 is 0 Å². The van der Waals surface area contributed by atoms with Crippen molar-refractivity contribution in [2.45, 2.75) is 26.2 Å². The van der Waals surface area contributed by atoms with Crippen molar-refractivity contribution in [2.24, 2.45) is 0 Å². The number of benzene rings is 1. The largest absolute Gasteiger partial charge is 1.00 e. The van der Waals surface area contributed by atoms with Crippen molar-refractivity contribution >= 4 is 8.85 Å². The third kappa shape index (κ3) is 3.82. The van der Waals surface area contributed by atoms with Gasteiger partial charge < -0.3 is 24.8 Å². The summed E-state index contributed by atoms with van der Waals surface area (Å²) in [5.41, 5.74) is 8.50. The summed E-state index contributed by atoms with van der Waals surface area (Å²) in [6.45, 7) is 2.40. The minimum Gasteiger partial charge on any atom is -1.00 e. The van der Waals surface area contributed by atoms with Crippen molar-refractivity contribution in [3.05, 3.63) is 70.3 Å². The first-order valence-corrected chi connectivity index (χ1v) is 8.73. The molecule has 2 aliphatic carbocycles. The van der Waals surface area contributed by atoms with Crippen LogP contribution in [0.5, 0.6) is 0 Å². The molecule has 2 aliphatic rings. The molecule has 1 nitrogen and oxygen atoms in total. The molecule has 0 aliphatic heterocycles. The molecule has 0 saturated heterocycles. The number of halogens is 2. The van der Waals surface area contributed by atoms with Gasteiger partial charge in [0, 0.05) is 0 Å². The fraction of sp³-hybridized carbons (Fsp3) is 0.263. The summed E-state index contributed by atoms with van der Waals surface area (Å²) < 4.78 is 1.48. The zero-order valence-corrected chi connectivity index (χ0v) is 17.0. The van der Waals surface area contributed by atoms with Crippen LogP contribution in [0.3, 0.4) is 0 Å². The van der Waals surface area contributed by atoms with Crippen LogP contribution in [0.15, 0.2) is 59.2 Å². The molecule has 0 radical (unpaired) electrons. The molecule has 0 bridgehead atoms. The molecule has 0 unspecified atom stereocenters. The van der Waals surface area contributed by atoms with Crippen LogP contribution in [-0.4, -0.2) is 11.7 Å². The van der Waals surface area contributed by atoms with E-state index in [1.807, 2.05) is 0 Å². The molecular weight excluding hydrogens is 406 g/mol. The molecule has 0 amide bonds. The topological polar surface area (TPSA) is 20.2 Å². The second-order valence-electron chi connectivity index (χ2n) is 5.44. The Balaban J connectivity index is 0.00000132. The molecule has 0 saturated carbocycles. The van der Waals surface area contributed by atoms with Gasteiger partial charge in [0.1, 0.15) is 0 Å². The van der Waals surface area contributed by atoms with Gasteiger partial charge >= 0.3 is 142 Å².